The Bertz CT molecular complexity index is 610. The fraction of sp³-hybridized carbons (Fsp3) is 0.619. The molecule has 5 atom stereocenters. The van der Waals surface area contributed by atoms with Crippen molar-refractivity contribution in [1.82, 2.24) is 0 Å². The van der Waals surface area contributed by atoms with Gasteiger partial charge in [0.2, 0.25) is 6.10 Å². The molecular weight excluding hydrogens is 316 g/mol. The minimum atomic E-state index is -0.819. The van der Waals surface area contributed by atoms with E-state index in [9.17, 15) is 9.59 Å². The van der Waals surface area contributed by atoms with E-state index in [0.29, 0.717) is 17.8 Å². The predicted molar refractivity (Wildman–Crippen MR) is 94.9 cm³/mol. The monoisotopic (exact) mass is 344 g/mol. The van der Waals surface area contributed by atoms with Gasteiger partial charge in [0.15, 0.2) is 0 Å². The van der Waals surface area contributed by atoms with E-state index in [0.717, 1.165) is 18.4 Å². The van der Waals surface area contributed by atoms with E-state index in [1.165, 1.54) is 6.42 Å². The topological polar surface area (TPSA) is 52.6 Å². The zero-order valence-corrected chi connectivity index (χ0v) is 15.3. The van der Waals surface area contributed by atoms with E-state index in [4.69, 9.17) is 9.47 Å². The quantitative estimate of drug-likeness (QED) is 0.772. The van der Waals surface area contributed by atoms with Crippen molar-refractivity contribution in [1.29, 1.82) is 0 Å². The minimum Gasteiger partial charge on any atom is -0.459 e. The van der Waals surface area contributed by atoms with Gasteiger partial charge >= 0.3 is 11.9 Å². The lowest BCUT2D eigenvalue weighted by Crippen LogP contribution is -2.39. The Morgan fingerprint density at radius 2 is 1.92 bits per heavy atom. The van der Waals surface area contributed by atoms with Gasteiger partial charge in [-0.15, -0.1) is 0 Å². The van der Waals surface area contributed by atoms with E-state index in [-0.39, 0.29) is 30.4 Å². The number of esters is 2. The van der Waals surface area contributed by atoms with Crippen molar-refractivity contribution in [2.75, 3.05) is 0 Å². The van der Waals surface area contributed by atoms with Crippen molar-refractivity contribution >= 4 is 11.9 Å². The molecule has 0 aromatic heterocycles. The highest BCUT2D eigenvalue weighted by Gasteiger charge is 2.44. The predicted octanol–water partition coefficient (Wildman–Crippen LogP) is 4.09. The molecule has 5 unspecified atom stereocenters. The minimum absolute atomic E-state index is 0.0769. The van der Waals surface area contributed by atoms with Crippen molar-refractivity contribution in [2.24, 2.45) is 17.8 Å². The van der Waals surface area contributed by atoms with Gasteiger partial charge in [-0.05, 0) is 36.2 Å². The van der Waals surface area contributed by atoms with Crippen molar-refractivity contribution in [3.63, 3.8) is 0 Å². The molecule has 0 amide bonds. The molecule has 1 aromatic rings. The van der Waals surface area contributed by atoms with Gasteiger partial charge in [-0.2, -0.15) is 0 Å². The highest BCUT2D eigenvalue weighted by Crippen LogP contribution is 2.38. The van der Waals surface area contributed by atoms with Crippen molar-refractivity contribution in [3.05, 3.63) is 35.9 Å². The molecule has 1 aliphatic carbocycles. The lowest BCUT2D eigenvalue weighted by Gasteiger charge is -2.37. The van der Waals surface area contributed by atoms with Crippen LogP contribution in [0.4, 0.5) is 0 Å². The average Bonchev–Trinajstić information content (AvgIpc) is 2.97. The van der Waals surface area contributed by atoms with Gasteiger partial charge in [-0.1, -0.05) is 57.5 Å². The summed E-state index contributed by atoms with van der Waals surface area (Å²) >= 11 is 0. The molecule has 136 valence electrons. The van der Waals surface area contributed by atoms with Crippen LogP contribution < -0.4 is 0 Å². The number of ether oxygens (including phenoxy) is 2. The number of cyclic esters (lactones) is 1. The maximum Gasteiger partial charge on any atom is 0.348 e. The van der Waals surface area contributed by atoms with Crippen molar-refractivity contribution in [2.45, 2.75) is 64.6 Å². The van der Waals surface area contributed by atoms with Gasteiger partial charge in [0.05, 0.1) is 6.42 Å². The molecular formula is C21H28O4. The molecule has 1 saturated heterocycles. The Morgan fingerprint density at radius 1 is 1.20 bits per heavy atom. The average molecular weight is 344 g/mol. The Balaban J connectivity index is 1.73. The van der Waals surface area contributed by atoms with Gasteiger partial charge < -0.3 is 9.47 Å². The van der Waals surface area contributed by atoms with Gasteiger partial charge in [0.1, 0.15) is 6.10 Å². The van der Waals surface area contributed by atoms with E-state index in [1.54, 1.807) is 0 Å². The summed E-state index contributed by atoms with van der Waals surface area (Å²) in [7, 11) is 0. The van der Waals surface area contributed by atoms with Crippen LogP contribution in [0.3, 0.4) is 0 Å². The zero-order chi connectivity index (χ0) is 18.0. The van der Waals surface area contributed by atoms with Crippen LogP contribution in [-0.2, 0) is 19.1 Å². The first kappa shape index (κ1) is 18.0. The summed E-state index contributed by atoms with van der Waals surface area (Å²) in [4.78, 5) is 24.6. The first-order chi connectivity index (χ1) is 12.0. The molecule has 4 nitrogen and oxygen atoms in total. The van der Waals surface area contributed by atoms with Crippen molar-refractivity contribution in [3.8, 4) is 0 Å². The molecule has 1 heterocycles. The second kappa shape index (κ2) is 7.59. The third-order valence-corrected chi connectivity index (χ3v) is 5.70. The third-order valence-electron chi connectivity index (χ3n) is 5.70. The van der Waals surface area contributed by atoms with Crippen LogP contribution in [0.5, 0.6) is 0 Å². The van der Waals surface area contributed by atoms with Crippen LogP contribution in [0.1, 0.15) is 57.9 Å². The summed E-state index contributed by atoms with van der Waals surface area (Å²) in [6, 6.07) is 9.63. The normalized spacial score (nSPS) is 32.5. The fourth-order valence-electron chi connectivity index (χ4n) is 4.23. The third kappa shape index (κ3) is 4.05. The van der Waals surface area contributed by atoms with Gasteiger partial charge in [-0.3, -0.25) is 4.79 Å². The molecule has 1 aromatic carbocycles. The van der Waals surface area contributed by atoms with Crippen LogP contribution in [0.15, 0.2) is 30.3 Å². The molecule has 2 fully saturated rings. The number of carbonyl (C=O) groups is 2. The Hall–Kier alpha value is -1.84. The van der Waals surface area contributed by atoms with E-state index in [2.05, 4.69) is 20.8 Å². The second-order valence-electron chi connectivity index (χ2n) is 7.93. The molecule has 0 N–H and O–H groups in total. The maximum atomic E-state index is 12.8. The van der Waals surface area contributed by atoms with Crippen LogP contribution in [0.25, 0.3) is 0 Å². The molecule has 4 heteroatoms. The molecule has 1 saturated carbocycles. The Labute approximate surface area is 149 Å². The fourth-order valence-corrected chi connectivity index (χ4v) is 4.23. The first-order valence-corrected chi connectivity index (χ1v) is 9.40. The molecule has 0 radical (unpaired) electrons. The van der Waals surface area contributed by atoms with Crippen molar-refractivity contribution < 1.29 is 19.1 Å². The Morgan fingerprint density at radius 3 is 2.60 bits per heavy atom. The van der Waals surface area contributed by atoms with Crippen LogP contribution in [-0.4, -0.2) is 24.1 Å². The summed E-state index contributed by atoms with van der Waals surface area (Å²) in [5.74, 6) is 0.454. The number of benzene rings is 1. The summed E-state index contributed by atoms with van der Waals surface area (Å²) in [6.07, 6.45) is 2.50. The Kier molecular flexibility index (Phi) is 5.45. The second-order valence-corrected chi connectivity index (χ2v) is 7.93. The SMILES string of the molecule is CC1CCC(C(C)C)C(OC(=O)C2OC(=O)CC2c2ccccc2)C1. The lowest BCUT2D eigenvalue weighted by atomic mass is 9.75. The molecule has 0 bridgehead atoms. The molecule has 0 spiro atoms. The van der Waals surface area contributed by atoms with Gasteiger partial charge in [-0.25, -0.2) is 4.79 Å². The van der Waals surface area contributed by atoms with Crippen LogP contribution >= 0.6 is 0 Å². The summed E-state index contributed by atoms with van der Waals surface area (Å²) in [6.45, 7) is 6.58. The van der Waals surface area contributed by atoms with E-state index < -0.39 is 6.10 Å². The maximum absolute atomic E-state index is 12.8. The largest absolute Gasteiger partial charge is 0.459 e. The highest BCUT2D eigenvalue weighted by atomic mass is 16.6. The first-order valence-electron chi connectivity index (χ1n) is 9.40. The number of hydrogen-bond acceptors (Lipinski definition) is 4. The number of hydrogen-bond donors (Lipinski definition) is 0. The van der Waals surface area contributed by atoms with Crippen LogP contribution in [0.2, 0.25) is 0 Å². The molecule has 2 aliphatic rings. The molecule has 3 rings (SSSR count). The molecule has 25 heavy (non-hydrogen) atoms. The summed E-state index contributed by atoms with van der Waals surface area (Å²) < 4.78 is 11.2. The highest BCUT2D eigenvalue weighted by molar-refractivity contribution is 5.85. The van der Waals surface area contributed by atoms with Gasteiger partial charge in [0, 0.05) is 5.92 Å². The van der Waals surface area contributed by atoms with E-state index in [1.807, 2.05) is 30.3 Å². The smallest absolute Gasteiger partial charge is 0.348 e. The summed E-state index contributed by atoms with van der Waals surface area (Å²) in [5, 5.41) is 0. The lowest BCUT2D eigenvalue weighted by molar-refractivity contribution is -0.171. The molecule has 1 aliphatic heterocycles. The zero-order valence-electron chi connectivity index (χ0n) is 15.3. The number of rotatable bonds is 4. The van der Waals surface area contributed by atoms with Gasteiger partial charge in [0.25, 0.3) is 0 Å². The number of carbonyl (C=O) groups excluding carboxylic acids is 2. The summed E-state index contributed by atoms with van der Waals surface area (Å²) in [5.41, 5.74) is 0.952. The standard InChI is InChI=1S/C21H28O4/c1-13(2)16-10-9-14(3)11-18(16)24-21(23)20-17(12-19(22)25-20)15-7-5-4-6-8-15/h4-8,13-14,16-18,20H,9-12H2,1-3H3. The van der Waals surface area contributed by atoms with E-state index >= 15 is 0 Å². The van der Waals surface area contributed by atoms with Crippen LogP contribution in [0, 0.1) is 17.8 Å².